The molecule has 0 aliphatic carbocycles. The second-order valence-corrected chi connectivity index (χ2v) is 0.289. The molecule has 0 fully saturated rings. The average molecular weight is 398 g/mol. The number of hydrogen-bond donors (Lipinski definition) is 0. The molecule has 0 amide bonds. The largest absolute Gasteiger partial charge is 1.00 e. The second kappa shape index (κ2) is 408. The Morgan fingerprint density at radius 3 is 0.273 bits per heavy atom. The van der Waals surface area contributed by atoms with Gasteiger partial charge in [0.25, 0.3) is 0 Å². The zero-order valence-electron chi connectivity index (χ0n) is 12.3. The van der Waals surface area contributed by atoms with Crippen molar-refractivity contribution in [3.63, 3.8) is 0 Å². The van der Waals surface area contributed by atoms with E-state index in [4.69, 9.17) is 15.1 Å². The van der Waals surface area contributed by atoms with Crippen molar-refractivity contribution in [3.05, 3.63) is 0 Å². The third-order valence-electron chi connectivity index (χ3n) is 0. The smallest absolute Gasteiger partial charge is 0.907 e. The van der Waals surface area contributed by atoms with Crippen molar-refractivity contribution < 1.29 is 186 Å². The Morgan fingerprint density at radius 2 is 0.273 bits per heavy atom. The van der Waals surface area contributed by atoms with E-state index in [2.05, 4.69) is 0 Å². The van der Waals surface area contributed by atoms with Crippen LogP contribution in [0.25, 0.3) is 0 Å². The molecule has 0 aliphatic rings. The number of rotatable bonds is 0. The Labute approximate surface area is 191 Å². The van der Waals surface area contributed by atoms with Crippen LogP contribution in [0.2, 0.25) is 0 Å². The molecule has 0 aromatic carbocycles. The molecule has 0 radical (unpaired) electrons. The van der Waals surface area contributed by atoms with Gasteiger partial charge < -0.3 is 97.2 Å². The van der Waals surface area contributed by atoms with Crippen molar-refractivity contribution in [3.8, 4) is 0 Å². The second-order valence-electron chi connectivity index (χ2n) is 0.289. The molecule has 0 aromatic heterocycles. The van der Waals surface area contributed by atoms with Gasteiger partial charge >= 0.3 is 88.7 Å². The van der Waals surface area contributed by atoms with Gasteiger partial charge in [-0.1, -0.05) is 0 Å². The van der Waals surface area contributed by atoms with Gasteiger partial charge in [-0.15, -0.1) is 0 Å². The predicted octanol–water partition coefficient (Wildman–Crippen LogP) is -25.3. The summed E-state index contributed by atoms with van der Waals surface area (Å²) in [5.41, 5.74) is 0. The normalized spacial score (nSPS) is 1.23. The fourth-order valence-electron chi connectivity index (χ4n) is 0. The van der Waals surface area contributed by atoms with Gasteiger partial charge in [0, 0.05) is 0 Å². The summed E-state index contributed by atoms with van der Waals surface area (Å²) in [6.07, 6.45) is 0. The monoisotopic (exact) mass is 398 g/mol. The number of hydrogen-bond acceptors (Lipinski definition) is 3. The molecule has 0 spiro atoms. The minimum atomic E-state index is -2.92. The van der Waals surface area contributed by atoms with Crippen molar-refractivity contribution >= 4 is 7.32 Å². The van der Waals surface area contributed by atoms with Gasteiger partial charge in [-0.05, 0) is 0 Å². The molecule has 30 N–H and O–H groups in total. The summed E-state index contributed by atoms with van der Waals surface area (Å²) in [6, 6.07) is 0. The Balaban J connectivity index is -0.000000000294. The van der Waals surface area contributed by atoms with Crippen LogP contribution in [-0.4, -0.2) is 89.5 Å². The van der Waals surface area contributed by atoms with Gasteiger partial charge in [0.2, 0.25) is 0 Å². The molecule has 0 bridgehead atoms. The zero-order valence-corrected chi connectivity index (χ0v) is 18.3. The zero-order chi connectivity index (χ0) is 3.58. The third kappa shape index (κ3) is 1850. The van der Waals surface area contributed by atoms with E-state index in [9.17, 15) is 0 Å². The van der Waals surface area contributed by atoms with Crippen LogP contribution in [0.1, 0.15) is 0 Å². The molecule has 0 atom stereocenters. The molecule has 0 saturated carbocycles. The fraction of sp³-hybridized carbons (Fsp3) is 0. The molecular weight excluding hydrogens is 368 g/mol. The Morgan fingerprint density at radius 1 is 0.273 bits per heavy atom. The van der Waals surface area contributed by atoms with E-state index in [0.29, 0.717) is 0 Å². The maximum atomic E-state index is 8.42. The molecule has 22 heteroatoms. The Hall–Kier alpha value is 2.34. The van der Waals surface area contributed by atoms with Gasteiger partial charge in [0.1, 0.15) is 0 Å². The van der Waals surface area contributed by atoms with Crippen molar-refractivity contribution in [2.24, 2.45) is 0 Å². The van der Waals surface area contributed by atoms with Crippen LogP contribution >= 0.6 is 0 Å². The van der Waals surface area contributed by atoms with Crippen LogP contribution in [-0.2, 0) is 0 Å². The molecule has 0 saturated heterocycles. The van der Waals surface area contributed by atoms with Crippen molar-refractivity contribution in [1.82, 2.24) is 0 Å². The van der Waals surface area contributed by atoms with E-state index < -0.39 is 7.32 Å². The molecule has 18 nitrogen and oxygen atoms in total. The van der Waals surface area contributed by atoms with Crippen LogP contribution in [0.15, 0.2) is 0 Å². The van der Waals surface area contributed by atoms with E-state index in [1.54, 1.807) is 0 Å². The van der Waals surface area contributed by atoms with Crippen LogP contribution in [0.4, 0.5) is 0 Å². The molecule has 0 unspecified atom stereocenters. The maximum Gasteiger partial charge on any atom is 1.00 e. The van der Waals surface area contributed by atoms with Gasteiger partial charge in [-0.25, -0.2) is 0 Å². The molecule has 0 heterocycles. The minimum Gasteiger partial charge on any atom is -0.907 e. The first-order valence-corrected chi connectivity index (χ1v) is 0.707. The van der Waals surface area contributed by atoms with E-state index in [0.717, 1.165) is 0 Å². The van der Waals surface area contributed by atoms with Crippen LogP contribution in [0.3, 0.4) is 0 Å². The van der Waals surface area contributed by atoms with Crippen LogP contribution < -0.4 is 104 Å². The quantitative estimate of drug-likeness (QED) is 0.359. The van der Waals surface area contributed by atoms with E-state index in [1.807, 2.05) is 0 Å². The molecule has 0 aromatic rings. The summed E-state index contributed by atoms with van der Waals surface area (Å²) in [4.78, 5) is 0. The van der Waals surface area contributed by atoms with Gasteiger partial charge in [0.05, 0.1) is 0 Å². The summed E-state index contributed by atoms with van der Waals surface area (Å²) in [5, 5.41) is 25.2. The molecule has 0 aliphatic heterocycles. The van der Waals surface area contributed by atoms with E-state index in [1.165, 1.54) is 0 Å². The maximum absolute atomic E-state index is 8.42. The van der Waals surface area contributed by atoms with Crippen LogP contribution in [0, 0.1) is 0 Å². The third-order valence-corrected chi connectivity index (χ3v) is 0. The topological polar surface area (TPSA) is 542 Å². The molecule has 0 rings (SSSR count). The average Bonchev–Trinajstić information content (AvgIpc) is 0.811. The predicted molar refractivity (Wildman–Crippen MR) is 60.0 cm³/mol. The van der Waals surface area contributed by atoms with Gasteiger partial charge in [-0.2, -0.15) is 0 Å². The Kier molecular flexibility index (Phi) is 8610. The fourth-order valence-corrected chi connectivity index (χ4v) is 0. The summed E-state index contributed by atoms with van der Waals surface area (Å²) in [5.74, 6) is 0. The first-order chi connectivity index (χ1) is 1.73. The van der Waals surface area contributed by atoms with Crippen molar-refractivity contribution in [1.29, 1.82) is 0 Å². The minimum absolute atomic E-state index is 0. The summed E-state index contributed by atoms with van der Waals surface area (Å²) in [7, 11) is -2.92. The first kappa shape index (κ1) is 464. The van der Waals surface area contributed by atoms with E-state index >= 15 is 0 Å². The Bertz CT molecular complexity index is 23.0. The molecule has 22 heavy (non-hydrogen) atoms. The first-order valence-electron chi connectivity index (χ1n) is 0.707. The molecular formula is H30BNa3O18. The summed E-state index contributed by atoms with van der Waals surface area (Å²) < 4.78 is 0. The van der Waals surface area contributed by atoms with Gasteiger partial charge in [-0.3, -0.25) is 7.32 Å². The van der Waals surface area contributed by atoms with E-state index in [-0.39, 0.29) is 171 Å². The standard InChI is InChI=1S/BO3.3Na.15H2O/c2-1(3)4;;;;;;;;;;;;;;;;;;/h;;;;15*1H2/q-3;3*+1;;;;;;;;;;;;;;;. The van der Waals surface area contributed by atoms with Gasteiger partial charge in [0.15, 0.2) is 0 Å². The SMILES string of the molecule is O.O.O.O.O.O.O.O.O.O.O.O.O.O.O.[Na+].[Na+].[Na+].[O-]B([O-])[O-]. The summed E-state index contributed by atoms with van der Waals surface area (Å²) in [6.45, 7) is 0. The molecule has 144 valence electrons. The summed E-state index contributed by atoms with van der Waals surface area (Å²) >= 11 is 0. The van der Waals surface area contributed by atoms with Crippen molar-refractivity contribution in [2.45, 2.75) is 0 Å². The van der Waals surface area contributed by atoms with Crippen molar-refractivity contribution in [2.75, 3.05) is 0 Å². The van der Waals surface area contributed by atoms with Crippen LogP contribution in [0.5, 0.6) is 0 Å².